The van der Waals surface area contributed by atoms with Gasteiger partial charge in [0.1, 0.15) is 21.7 Å². The van der Waals surface area contributed by atoms with Crippen LogP contribution in [0.5, 0.6) is 0 Å². The number of nitrogens with zero attached hydrogens (tertiary/aromatic N) is 2. The van der Waals surface area contributed by atoms with Crippen LogP contribution in [0.4, 0.5) is 5.69 Å². The fourth-order valence-corrected chi connectivity index (χ4v) is 4.47. The second-order valence-electron chi connectivity index (χ2n) is 7.23. The molecule has 0 radical (unpaired) electrons. The maximum absolute atomic E-state index is 11.2. The van der Waals surface area contributed by atoms with Gasteiger partial charge in [-0.25, -0.2) is 8.42 Å². The van der Waals surface area contributed by atoms with Crippen molar-refractivity contribution in [3.63, 3.8) is 0 Å². The SMILES string of the molecule is CC(CCCCCCS(C)(=O)=O)N1C(N)=C2NC=NC2c2ccccc21. The minimum Gasteiger partial charge on any atom is -0.384 e. The summed E-state index contributed by atoms with van der Waals surface area (Å²) in [6.07, 6.45) is 7.81. The maximum Gasteiger partial charge on any atom is 0.147 e. The summed E-state index contributed by atoms with van der Waals surface area (Å²) >= 11 is 0. The second kappa shape index (κ2) is 7.70. The zero-order chi connectivity index (χ0) is 18.7. The highest BCUT2D eigenvalue weighted by Crippen LogP contribution is 2.42. The third-order valence-corrected chi connectivity index (χ3v) is 6.10. The first-order valence-corrected chi connectivity index (χ1v) is 11.3. The molecule has 2 aliphatic rings. The normalized spacial score (nSPS) is 19.9. The van der Waals surface area contributed by atoms with E-state index < -0.39 is 9.84 Å². The lowest BCUT2D eigenvalue weighted by Crippen LogP contribution is -2.41. The van der Waals surface area contributed by atoms with E-state index in [1.54, 1.807) is 6.34 Å². The lowest BCUT2D eigenvalue weighted by molar-refractivity contribution is 0.545. The van der Waals surface area contributed by atoms with E-state index >= 15 is 0 Å². The Kier molecular flexibility index (Phi) is 5.55. The highest BCUT2D eigenvalue weighted by atomic mass is 32.2. The molecule has 0 spiro atoms. The summed E-state index contributed by atoms with van der Waals surface area (Å²) in [5.74, 6) is 1.03. The lowest BCUT2D eigenvalue weighted by Gasteiger charge is -2.38. The van der Waals surface area contributed by atoms with Crippen molar-refractivity contribution in [3.8, 4) is 0 Å². The van der Waals surface area contributed by atoms with Gasteiger partial charge in [0.2, 0.25) is 0 Å². The van der Waals surface area contributed by atoms with Gasteiger partial charge in [0, 0.05) is 29.3 Å². The van der Waals surface area contributed by atoms with Crippen LogP contribution in [0.25, 0.3) is 0 Å². The molecule has 2 atom stereocenters. The Balaban J connectivity index is 1.62. The number of nitrogens with one attached hydrogen (secondary N) is 1. The molecule has 142 valence electrons. The van der Waals surface area contributed by atoms with E-state index in [0.29, 0.717) is 0 Å². The van der Waals surface area contributed by atoms with Crippen LogP contribution in [-0.4, -0.2) is 32.8 Å². The molecule has 0 bridgehead atoms. The zero-order valence-corrected chi connectivity index (χ0v) is 16.3. The molecule has 2 heterocycles. The van der Waals surface area contributed by atoms with Crippen LogP contribution in [0.2, 0.25) is 0 Å². The van der Waals surface area contributed by atoms with Crippen molar-refractivity contribution < 1.29 is 8.42 Å². The fourth-order valence-electron chi connectivity index (χ4n) is 3.74. The monoisotopic (exact) mass is 376 g/mol. The number of anilines is 1. The predicted molar refractivity (Wildman–Crippen MR) is 107 cm³/mol. The molecule has 0 aliphatic carbocycles. The molecule has 6 nitrogen and oxygen atoms in total. The second-order valence-corrected chi connectivity index (χ2v) is 9.49. The van der Waals surface area contributed by atoms with Crippen LogP contribution in [0, 0.1) is 0 Å². The minimum atomic E-state index is -2.84. The van der Waals surface area contributed by atoms with E-state index in [9.17, 15) is 8.42 Å². The smallest absolute Gasteiger partial charge is 0.147 e. The van der Waals surface area contributed by atoms with E-state index in [1.165, 1.54) is 11.8 Å². The summed E-state index contributed by atoms with van der Waals surface area (Å²) in [5, 5.41) is 3.20. The van der Waals surface area contributed by atoms with Crippen molar-refractivity contribution in [3.05, 3.63) is 41.3 Å². The van der Waals surface area contributed by atoms with Gasteiger partial charge in [-0.1, -0.05) is 37.5 Å². The topological polar surface area (TPSA) is 87.8 Å². The number of fused-ring (bicyclic) bond motifs is 3. The molecule has 0 saturated heterocycles. The number of aliphatic imine (C=N–C) groups is 1. The van der Waals surface area contributed by atoms with E-state index in [1.807, 2.05) is 12.1 Å². The molecular weight excluding hydrogens is 348 g/mol. The predicted octanol–water partition coefficient (Wildman–Crippen LogP) is 2.69. The van der Waals surface area contributed by atoms with Crippen molar-refractivity contribution in [1.82, 2.24) is 5.32 Å². The third kappa shape index (κ3) is 4.03. The van der Waals surface area contributed by atoms with Gasteiger partial charge >= 0.3 is 0 Å². The van der Waals surface area contributed by atoms with Gasteiger partial charge in [0.05, 0.1) is 12.0 Å². The average Bonchev–Trinajstić information content (AvgIpc) is 3.07. The Hall–Kier alpha value is -2.02. The molecular formula is C19H28N4O2S. The number of para-hydroxylation sites is 1. The molecule has 3 N–H and O–H groups in total. The van der Waals surface area contributed by atoms with Crippen molar-refractivity contribution in [2.75, 3.05) is 16.9 Å². The lowest BCUT2D eigenvalue weighted by atomic mass is 9.95. The average molecular weight is 377 g/mol. The molecule has 7 heteroatoms. The first-order chi connectivity index (χ1) is 12.4. The molecule has 2 aliphatic heterocycles. The first kappa shape index (κ1) is 18.8. The summed E-state index contributed by atoms with van der Waals surface area (Å²) in [7, 11) is -2.84. The van der Waals surface area contributed by atoms with Crippen LogP contribution in [0.1, 0.15) is 50.6 Å². The van der Waals surface area contributed by atoms with Gasteiger partial charge in [0.25, 0.3) is 0 Å². The summed E-state index contributed by atoms with van der Waals surface area (Å²) < 4.78 is 22.4. The molecule has 0 fully saturated rings. The van der Waals surface area contributed by atoms with Crippen LogP contribution < -0.4 is 16.0 Å². The summed E-state index contributed by atoms with van der Waals surface area (Å²) in [6.45, 7) is 2.19. The molecule has 26 heavy (non-hydrogen) atoms. The van der Waals surface area contributed by atoms with Gasteiger partial charge in [0.15, 0.2) is 0 Å². The highest BCUT2D eigenvalue weighted by molar-refractivity contribution is 7.90. The molecule has 0 saturated carbocycles. The standard InChI is InChI=1S/C19H28N4O2S/c1-14(9-5-3-4-8-12-26(2,24)25)23-16-11-7-6-10-15(16)17-18(19(23)20)22-13-21-17/h6-7,10-11,13-14,17H,3-5,8-9,12,20H2,1-2H3,(H,21,22). The Labute approximate surface area is 156 Å². The first-order valence-electron chi connectivity index (χ1n) is 9.22. The quantitative estimate of drug-likeness (QED) is 0.681. The van der Waals surface area contributed by atoms with Gasteiger partial charge in [-0.2, -0.15) is 0 Å². The number of rotatable bonds is 8. The maximum atomic E-state index is 11.2. The van der Waals surface area contributed by atoms with Crippen LogP contribution in [0.3, 0.4) is 0 Å². The highest BCUT2D eigenvalue weighted by Gasteiger charge is 2.34. The number of hydrogen-bond acceptors (Lipinski definition) is 6. The van der Waals surface area contributed by atoms with E-state index in [4.69, 9.17) is 5.73 Å². The summed E-state index contributed by atoms with van der Waals surface area (Å²) in [6, 6.07) is 8.54. The summed E-state index contributed by atoms with van der Waals surface area (Å²) in [5.41, 5.74) is 9.75. The van der Waals surface area contributed by atoms with Gasteiger partial charge in [-0.3, -0.25) is 4.99 Å². The Morgan fingerprint density at radius 1 is 1.23 bits per heavy atom. The number of nitrogens with two attached hydrogens (primary N) is 1. The van der Waals surface area contributed by atoms with Crippen molar-refractivity contribution in [2.24, 2.45) is 10.7 Å². The molecule has 0 aromatic heterocycles. The molecule has 0 amide bonds. The molecule has 1 aromatic carbocycles. The van der Waals surface area contributed by atoms with E-state index in [0.717, 1.165) is 49.3 Å². The van der Waals surface area contributed by atoms with E-state index in [-0.39, 0.29) is 17.8 Å². The third-order valence-electron chi connectivity index (χ3n) is 5.07. The Morgan fingerprint density at radius 3 is 2.73 bits per heavy atom. The van der Waals surface area contributed by atoms with Crippen molar-refractivity contribution in [1.29, 1.82) is 0 Å². The number of sulfone groups is 1. The zero-order valence-electron chi connectivity index (χ0n) is 15.5. The van der Waals surface area contributed by atoms with Crippen molar-refractivity contribution >= 4 is 21.9 Å². The van der Waals surface area contributed by atoms with Gasteiger partial charge in [-0.05, 0) is 25.8 Å². The van der Waals surface area contributed by atoms with Gasteiger partial charge < -0.3 is 16.0 Å². The fraction of sp³-hybridized carbons (Fsp3) is 0.526. The number of hydrogen-bond donors (Lipinski definition) is 2. The molecule has 1 aromatic rings. The van der Waals surface area contributed by atoms with Gasteiger partial charge in [-0.15, -0.1) is 0 Å². The van der Waals surface area contributed by atoms with Crippen molar-refractivity contribution in [2.45, 2.75) is 51.1 Å². The number of unbranched alkanes of at least 4 members (excludes halogenated alkanes) is 3. The van der Waals surface area contributed by atoms with Crippen LogP contribution in [-0.2, 0) is 9.84 Å². The Morgan fingerprint density at radius 2 is 1.96 bits per heavy atom. The minimum absolute atomic E-state index is 0.0226. The molecule has 3 rings (SSSR count). The van der Waals surface area contributed by atoms with Crippen LogP contribution in [0.15, 0.2) is 40.8 Å². The van der Waals surface area contributed by atoms with E-state index in [2.05, 4.69) is 34.3 Å². The number of benzene rings is 1. The summed E-state index contributed by atoms with van der Waals surface area (Å²) in [4.78, 5) is 6.72. The molecule has 2 unspecified atom stereocenters. The van der Waals surface area contributed by atoms with Crippen LogP contribution >= 0.6 is 0 Å². The Bertz CT molecular complexity index is 817. The largest absolute Gasteiger partial charge is 0.384 e.